The normalized spacial score (nSPS) is 15.9. The first-order valence-electron chi connectivity index (χ1n) is 9.05. The molecular weight excluding hydrogens is 356 g/mol. The van der Waals surface area contributed by atoms with Crippen LogP contribution in [-0.4, -0.2) is 17.1 Å². The van der Waals surface area contributed by atoms with Crippen molar-refractivity contribution in [2.24, 2.45) is 12.8 Å². The van der Waals surface area contributed by atoms with E-state index in [9.17, 15) is 9.59 Å². The van der Waals surface area contributed by atoms with Crippen LogP contribution in [0.15, 0.2) is 70.8 Å². The minimum Gasteiger partial charge on any atom is -0.462 e. The van der Waals surface area contributed by atoms with Gasteiger partial charge in [-0.05, 0) is 24.6 Å². The molecular formula is C22H20N2O4. The Morgan fingerprint density at radius 3 is 2.54 bits per heavy atom. The van der Waals surface area contributed by atoms with Crippen molar-refractivity contribution in [3.8, 4) is 5.75 Å². The summed E-state index contributed by atoms with van der Waals surface area (Å²) in [6.07, 6.45) is 0. The molecule has 1 aromatic heterocycles. The van der Waals surface area contributed by atoms with Gasteiger partial charge in [-0.1, -0.05) is 42.5 Å². The summed E-state index contributed by atoms with van der Waals surface area (Å²) < 4.78 is 12.6. The van der Waals surface area contributed by atoms with Gasteiger partial charge in [0.1, 0.15) is 11.3 Å². The van der Waals surface area contributed by atoms with Gasteiger partial charge in [0.2, 0.25) is 5.88 Å². The minimum atomic E-state index is -0.674. The van der Waals surface area contributed by atoms with Gasteiger partial charge in [-0.2, -0.15) is 0 Å². The Morgan fingerprint density at radius 2 is 1.82 bits per heavy atom. The number of pyridine rings is 1. The Morgan fingerprint density at radius 1 is 1.14 bits per heavy atom. The summed E-state index contributed by atoms with van der Waals surface area (Å²) in [5.41, 5.74) is 7.96. The number of hydrogen-bond donors (Lipinski definition) is 1. The van der Waals surface area contributed by atoms with Gasteiger partial charge in [0.25, 0.3) is 5.56 Å². The fourth-order valence-corrected chi connectivity index (χ4v) is 3.71. The zero-order valence-corrected chi connectivity index (χ0v) is 15.6. The van der Waals surface area contributed by atoms with Gasteiger partial charge in [0, 0.05) is 12.4 Å². The van der Waals surface area contributed by atoms with Gasteiger partial charge >= 0.3 is 5.97 Å². The van der Waals surface area contributed by atoms with E-state index in [1.54, 1.807) is 18.5 Å². The second-order valence-electron chi connectivity index (χ2n) is 6.57. The van der Waals surface area contributed by atoms with E-state index in [1.165, 1.54) is 0 Å². The van der Waals surface area contributed by atoms with Crippen molar-refractivity contribution in [2.45, 2.75) is 12.8 Å². The number of ether oxygens (including phenoxy) is 2. The van der Waals surface area contributed by atoms with Crippen LogP contribution in [0.1, 0.15) is 24.0 Å². The molecule has 0 spiro atoms. The highest BCUT2D eigenvalue weighted by Crippen LogP contribution is 2.43. The van der Waals surface area contributed by atoms with Crippen LogP contribution < -0.4 is 16.0 Å². The SMILES string of the molecule is CCOC(=O)C1=C(N)Oc2c(c(=O)n(C)c3ccccc23)C1c1ccccc1. The average molecular weight is 376 g/mol. The second-order valence-corrected chi connectivity index (χ2v) is 6.57. The van der Waals surface area contributed by atoms with Crippen LogP contribution in [-0.2, 0) is 16.6 Å². The number of fused-ring (bicyclic) bond motifs is 3. The van der Waals surface area contributed by atoms with Crippen LogP contribution in [0.4, 0.5) is 0 Å². The number of para-hydroxylation sites is 1. The molecule has 4 rings (SSSR count). The molecule has 0 radical (unpaired) electrons. The molecule has 1 aliphatic rings. The minimum absolute atomic E-state index is 0.0433. The molecule has 3 aromatic rings. The fourth-order valence-electron chi connectivity index (χ4n) is 3.71. The fraction of sp³-hybridized carbons (Fsp3) is 0.182. The third-order valence-corrected chi connectivity index (χ3v) is 4.97. The number of aryl methyl sites for hydroxylation is 1. The molecule has 2 N–H and O–H groups in total. The van der Waals surface area contributed by atoms with Gasteiger partial charge in [-0.15, -0.1) is 0 Å². The number of hydrogen-bond acceptors (Lipinski definition) is 5. The van der Waals surface area contributed by atoms with Crippen LogP contribution in [0.3, 0.4) is 0 Å². The highest BCUT2D eigenvalue weighted by atomic mass is 16.5. The third kappa shape index (κ3) is 2.65. The van der Waals surface area contributed by atoms with Crippen molar-refractivity contribution in [3.05, 3.63) is 87.5 Å². The van der Waals surface area contributed by atoms with Gasteiger partial charge in [0.05, 0.1) is 23.6 Å². The zero-order chi connectivity index (χ0) is 19.8. The second kappa shape index (κ2) is 6.88. The van der Waals surface area contributed by atoms with E-state index in [4.69, 9.17) is 15.2 Å². The first-order chi connectivity index (χ1) is 13.5. The van der Waals surface area contributed by atoms with Crippen molar-refractivity contribution >= 4 is 16.9 Å². The summed E-state index contributed by atoms with van der Waals surface area (Å²) in [4.78, 5) is 26.0. The molecule has 1 aliphatic heterocycles. The maximum Gasteiger partial charge on any atom is 0.340 e. The van der Waals surface area contributed by atoms with Crippen molar-refractivity contribution in [2.75, 3.05) is 6.61 Å². The number of carbonyl (C=O) groups is 1. The summed E-state index contributed by atoms with van der Waals surface area (Å²) in [6.45, 7) is 1.91. The van der Waals surface area contributed by atoms with Crippen LogP contribution in [0.2, 0.25) is 0 Å². The predicted molar refractivity (Wildman–Crippen MR) is 106 cm³/mol. The van der Waals surface area contributed by atoms with Crippen LogP contribution >= 0.6 is 0 Å². The van der Waals surface area contributed by atoms with E-state index in [0.717, 1.165) is 16.5 Å². The number of carbonyl (C=O) groups excluding carboxylic acids is 1. The van der Waals surface area contributed by atoms with Crippen LogP contribution in [0, 0.1) is 0 Å². The lowest BCUT2D eigenvalue weighted by Crippen LogP contribution is -2.34. The predicted octanol–water partition coefficient (Wildman–Crippen LogP) is 2.80. The lowest BCUT2D eigenvalue weighted by atomic mass is 9.83. The van der Waals surface area contributed by atoms with E-state index in [-0.39, 0.29) is 23.6 Å². The Balaban J connectivity index is 2.09. The molecule has 0 aliphatic carbocycles. The smallest absolute Gasteiger partial charge is 0.340 e. The van der Waals surface area contributed by atoms with E-state index in [0.29, 0.717) is 11.3 Å². The molecule has 1 atom stereocenters. The number of esters is 1. The van der Waals surface area contributed by atoms with E-state index in [2.05, 4.69) is 0 Å². The molecule has 2 heterocycles. The van der Waals surface area contributed by atoms with E-state index in [1.807, 2.05) is 54.6 Å². The molecule has 142 valence electrons. The van der Waals surface area contributed by atoms with Gasteiger partial charge in [0.15, 0.2) is 0 Å². The Kier molecular flexibility index (Phi) is 4.39. The molecule has 0 saturated heterocycles. The quantitative estimate of drug-likeness (QED) is 0.711. The highest BCUT2D eigenvalue weighted by molar-refractivity contribution is 5.95. The van der Waals surface area contributed by atoms with Crippen LogP contribution in [0.25, 0.3) is 10.9 Å². The van der Waals surface area contributed by atoms with E-state index >= 15 is 0 Å². The van der Waals surface area contributed by atoms with Gasteiger partial charge in [-0.25, -0.2) is 4.79 Å². The standard InChI is InChI=1S/C22H20N2O4/c1-3-27-22(26)18-16(13-9-5-4-6-10-13)17-19(28-20(18)23)14-11-7-8-12-15(14)24(2)21(17)25/h4-12,16H,3,23H2,1-2H3. The molecule has 28 heavy (non-hydrogen) atoms. The number of aromatic nitrogens is 1. The van der Waals surface area contributed by atoms with Crippen LogP contribution in [0.5, 0.6) is 5.75 Å². The summed E-state index contributed by atoms with van der Waals surface area (Å²) in [5.74, 6) is -0.918. The van der Waals surface area contributed by atoms with Crippen molar-refractivity contribution in [1.29, 1.82) is 0 Å². The average Bonchev–Trinajstić information content (AvgIpc) is 2.72. The van der Waals surface area contributed by atoms with Crippen molar-refractivity contribution < 1.29 is 14.3 Å². The number of benzene rings is 2. The molecule has 0 amide bonds. The third-order valence-electron chi connectivity index (χ3n) is 4.97. The summed E-state index contributed by atoms with van der Waals surface area (Å²) in [6, 6.07) is 16.8. The summed E-state index contributed by atoms with van der Waals surface area (Å²) in [7, 11) is 1.71. The Bertz CT molecular complexity index is 1160. The summed E-state index contributed by atoms with van der Waals surface area (Å²) in [5, 5.41) is 0.756. The van der Waals surface area contributed by atoms with Crippen molar-refractivity contribution in [3.63, 3.8) is 0 Å². The van der Waals surface area contributed by atoms with Gasteiger partial charge < -0.3 is 19.8 Å². The molecule has 1 unspecified atom stereocenters. The lowest BCUT2D eigenvalue weighted by molar-refractivity contribution is -0.139. The molecule has 0 bridgehead atoms. The Hall–Kier alpha value is -3.54. The summed E-state index contributed by atoms with van der Waals surface area (Å²) >= 11 is 0. The molecule has 2 aromatic carbocycles. The monoisotopic (exact) mass is 376 g/mol. The van der Waals surface area contributed by atoms with Gasteiger partial charge in [-0.3, -0.25) is 4.79 Å². The highest BCUT2D eigenvalue weighted by Gasteiger charge is 2.38. The number of nitrogens with two attached hydrogens (primary N) is 1. The number of nitrogens with zero attached hydrogens (tertiary/aromatic N) is 1. The molecule has 6 heteroatoms. The lowest BCUT2D eigenvalue weighted by Gasteiger charge is -2.29. The Labute approximate surface area is 161 Å². The van der Waals surface area contributed by atoms with Crippen molar-refractivity contribution in [1.82, 2.24) is 4.57 Å². The maximum atomic E-state index is 13.3. The first kappa shape index (κ1) is 17.9. The first-order valence-corrected chi connectivity index (χ1v) is 9.05. The number of rotatable bonds is 3. The van der Waals surface area contributed by atoms with E-state index < -0.39 is 11.9 Å². The largest absolute Gasteiger partial charge is 0.462 e. The molecule has 6 nitrogen and oxygen atoms in total. The topological polar surface area (TPSA) is 83.6 Å². The zero-order valence-electron chi connectivity index (χ0n) is 15.6. The molecule has 0 saturated carbocycles. The maximum absolute atomic E-state index is 13.3. The molecule has 0 fully saturated rings.